The summed E-state index contributed by atoms with van der Waals surface area (Å²) in [6, 6.07) is 6.82. The molecular formula is C14H19NO3. The highest BCUT2D eigenvalue weighted by Gasteiger charge is 2.06. The Morgan fingerprint density at radius 1 is 1.28 bits per heavy atom. The van der Waals surface area contributed by atoms with Crippen LogP contribution in [0.1, 0.15) is 42.6 Å². The summed E-state index contributed by atoms with van der Waals surface area (Å²) in [5.74, 6) is -0.900. The van der Waals surface area contributed by atoms with Crippen LogP contribution in [0.3, 0.4) is 0 Å². The van der Waals surface area contributed by atoms with Crippen molar-refractivity contribution in [1.82, 2.24) is 5.32 Å². The first-order chi connectivity index (χ1) is 8.52. The van der Waals surface area contributed by atoms with Gasteiger partial charge in [0.25, 0.3) is 0 Å². The standard InChI is InChI=1S/C14H19NO3/c1-3-10(2)15-13(16)9-6-11-4-7-12(8-5-11)14(17)18/h4-5,7-8,10H,3,6,9H2,1-2H3,(H,15,16)(H,17,18). The van der Waals surface area contributed by atoms with Crippen LogP contribution in [0.4, 0.5) is 0 Å². The van der Waals surface area contributed by atoms with Crippen LogP contribution in [-0.2, 0) is 11.2 Å². The third-order valence-corrected chi connectivity index (χ3v) is 2.86. The van der Waals surface area contributed by atoms with E-state index in [-0.39, 0.29) is 17.5 Å². The van der Waals surface area contributed by atoms with Crippen molar-refractivity contribution < 1.29 is 14.7 Å². The number of rotatable bonds is 6. The minimum absolute atomic E-state index is 0.0339. The Hall–Kier alpha value is -1.84. The molecule has 1 aromatic rings. The molecule has 1 amide bonds. The molecule has 0 saturated carbocycles. The molecule has 0 aromatic heterocycles. The largest absolute Gasteiger partial charge is 0.478 e. The van der Waals surface area contributed by atoms with Crippen molar-refractivity contribution in [3.8, 4) is 0 Å². The van der Waals surface area contributed by atoms with E-state index in [9.17, 15) is 9.59 Å². The minimum atomic E-state index is -0.934. The van der Waals surface area contributed by atoms with Gasteiger partial charge in [0.05, 0.1) is 5.56 Å². The lowest BCUT2D eigenvalue weighted by Gasteiger charge is -2.11. The fourth-order valence-corrected chi connectivity index (χ4v) is 1.52. The minimum Gasteiger partial charge on any atom is -0.478 e. The number of carboxylic acids is 1. The molecule has 0 aliphatic heterocycles. The Balaban J connectivity index is 2.44. The summed E-state index contributed by atoms with van der Waals surface area (Å²) >= 11 is 0. The van der Waals surface area contributed by atoms with Gasteiger partial charge in [0.1, 0.15) is 0 Å². The van der Waals surface area contributed by atoms with Gasteiger partial charge in [-0.2, -0.15) is 0 Å². The topological polar surface area (TPSA) is 66.4 Å². The molecule has 0 radical (unpaired) electrons. The van der Waals surface area contributed by atoms with Crippen LogP contribution in [0, 0.1) is 0 Å². The lowest BCUT2D eigenvalue weighted by Crippen LogP contribution is -2.31. The molecule has 1 atom stereocenters. The van der Waals surface area contributed by atoms with Crippen molar-refractivity contribution in [3.63, 3.8) is 0 Å². The van der Waals surface area contributed by atoms with Crippen LogP contribution in [0.2, 0.25) is 0 Å². The lowest BCUT2D eigenvalue weighted by atomic mass is 10.1. The summed E-state index contributed by atoms with van der Waals surface area (Å²) in [6.07, 6.45) is 1.97. The Bertz CT molecular complexity index is 412. The predicted molar refractivity (Wildman–Crippen MR) is 69.6 cm³/mol. The van der Waals surface area contributed by atoms with Gasteiger partial charge in [-0.1, -0.05) is 19.1 Å². The van der Waals surface area contributed by atoms with E-state index in [0.29, 0.717) is 12.8 Å². The zero-order chi connectivity index (χ0) is 13.5. The van der Waals surface area contributed by atoms with Crippen molar-refractivity contribution >= 4 is 11.9 Å². The van der Waals surface area contributed by atoms with Gasteiger partial charge in [-0.05, 0) is 37.5 Å². The number of nitrogens with one attached hydrogen (secondary N) is 1. The highest BCUT2D eigenvalue weighted by atomic mass is 16.4. The number of aromatic carboxylic acids is 1. The highest BCUT2D eigenvalue weighted by Crippen LogP contribution is 2.07. The molecule has 1 rings (SSSR count). The SMILES string of the molecule is CCC(C)NC(=O)CCc1ccc(C(=O)O)cc1. The Morgan fingerprint density at radius 3 is 2.39 bits per heavy atom. The van der Waals surface area contributed by atoms with E-state index in [1.54, 1.807) is 24.3 Å². The quantitative estimate of drug-likeness (QED) is 0.812. The maximum Gasteiger partial charge on any atom is 0.335 e. The van der Waals surface area contributed by atoms with Crippen molar-refractivity contribution in [3.05, 3.63) is 35.4 Å². The number of benzene rings is 1. The van der Waals surface area contributed by atoms with Crippen LogP contribution < -0.4 is 5.32 Å². The van der Waals surface area contributed by atoms with Gasteiger partial charge in [0.2, 0.25) is 5.91 Å². The number of hydrogen-bond acceptors (Lipinski definition) is 2. The normalized spacial score (nSPS) is 11.9. The average molecular weight is 249 g/mol. The second kappa shape index (κ2) is 6.79. The number of carboxylic acid groups (broad SMARTS) is 1. The van der Waals surface area contributed by atoms with Crippen LogP contribution >= 0.6 is 0 Å². The molecule has 0 aliphatic rings. The fraction of sp³-hybridized carbons (Fsp3) is 0.429. The third kappa shape index (κ3) is 4.57. The molecule has 1 aromatic carbocycles. The highest BCUT2D eigenvalue weighted by molar-refractivity contribution is 5.87. The van der Waals surface area contributed by atoms with Crippen LogP contribution in [0.15, 0.2) is 24.3 Å². The third-order valence-electron chi connectivity index (χ3n) is 2.86. The molecule has 2 N–H and O–H groups in total. The first-order valence-corrected chi connectivity index (χ1v) is 6.14. The second-order valence-corrected chi connectivity index (χ2v) is 4.38. The molecule has 4 nitrogen and oxygen atoms in total. The van der Waals surface area contributed by atoms with Crippen LogP contribution in [-0.4, -0.2) is 23.0 Å². The van der Waals surface area contributed by atoms with E-state index < -0.39 is 5.97 Å². The molecular weight excluding hydrogens is 230 g/mol. The molecule has 18 heavy (non-hydrogen) atoms. The predicted octanol–water partition coefficient (Wildman–Crippen LogP) is 2.23. The molecule has 4 heteroatoms. The molecule has 0 saturated heterocycles. The van der Waals surface area contributed by atoms with Gasteiger partial charge in [0, 0.05) is 12.5 Å². The van der Waals surface area contributed by atoms with Crippen LogP contribution in [0.25, 0.3) is 0 Å². The fourth-order valence-electron chi connectivity index (χ4n) is 1.52. The molecule has 0 bridgehead atoms. The van der Waals surface area contributed by atoms with E-state index in [4.69, 9.17) is 5.11 Å². The van der Waals surface area contributed by atoms with E-state index in [2.05, 4.69) is 5.32 Å². The van der Waals surface area contributed by atoms with E-state index in [1.165, 1.54) is 0 Å². The zero-order valence-corrected chi connectivity index (χ0v) is 10.8. The van der Waals surface area contributed by atoms with Crippen LogP contribution in [0.5, 0.6) is 0 Å². The first kappa shape index (κ1) is 14.2. The van der Waals surface area contributed by atoms with E-state index >= 15 is 0 Å². The van der Waals surface area contributed by atoms with Gasteiger partial charge in [-0.25, -0.2) is 4.79 Å². The number of carbonyl (C=O) groups is 2. The molecule has 0 fully saturated rings. The smallest absolute Gasteiger partial charge is 0.335 e. The summed E-state index contributed by atoms with van der Waals surface area (Å²) in [6.45, 7) is 4.00. The summed E-state index contributed by atoms with van der Waals surface area (Å²) in [4.78, 5) is 22.2. The Labute approximate surface area is 107 Å². The molecule has 1 unspecified atom stereocenters. The monoisotopic (exact) mass is 249 g/mol. The maximum atomic E-state index is 11.6. The first-order valence-electron chi connectivity index (χ1n) is 6.14. The second-order valence-electron chi connectivity index (χ2n) is 4.38. The maximum absolute atomic E-state index is 11.6. The average Bonchev–Trinajstić information content (AvgIpc) is 2.36. The van der Waals surface area contributed by atoms with Gasteiger partial charge in [0.15, 0.2) is 0 Å². The number of aryl methyl sites for hydroxylation is 1. The molecule has 0 heterocycles. The van der Waals surface area contributed by atoms with Gasteiger partial charge >= 0.3 is 5.97 Å². The number of amides is 1. The molecule has 98 valence electrons. The lowest BCUT2D eigenvalue weighted by molar-refractivity contribution is -0.121. The van der Waals surface area contributed by atoms with Crippen molar-refractivity contribution in [2.75, 3.05) is 0 Å². The Morgan fingerprint density at radius 2 is 1.89 bits per heavy atom. The van der Waals surface area contributed by atoms with Gasteiger partial charge < -0.3 is 10.4 Å². The van der Waals surface area contributed by atoms with Crippen molar-refractivity contribution in [2.24, 2.45) is 0 Å². The molecule has 0 aliphatic carbocycles. The number of hydrogen-bond donors (Lipinski definition) is 2. The summed E-state index contributed by atoms with van der Waals surface area (Å²) in [5.41, 5.74) is 1.24. The summed E-state index contributed by atoms with van der Waals surface area (Å²) in [7, 11) is 0. The van der Waals surface area contributed by atoms with E-state index in [0.717, 1.165) is 12.0 Å². The van der Waals surface area contributed by atoms with E-state index in [1.807, 2.05) is 13.8 Å². The Kier molecular flexibility index (Phi) is 5.36. The van der Waals surface area contributed by atoms with Gasteiger partial charge in [-0.3, -0.25) is 4.79 Å². The molecule has 0 spiro atoms. The summed E-state index contributed by atoms with van der Waals surface area (Å²) in [5, 5.41) is 11.7. The van der Waals surface area contributed by atoms with Gasteiger partial charge in [-0.15, -0.1) is 0 Å². The number of carbonyl (C=O) groups excluding carboxylic acids is 1. The summed E-state index contributed by atoms with van der Waals surface area (Å²) < 4.78 is 0. The zero-order valence-electron chi connectivity index (χ0n) is 10.8. The van der Waals surface area contributed by atoms with Crippen molar-refractivity contribution in [1.29, 1.82) is 0 Å². The van der Waals surface area contributed by atoms with Crippen molar-refractivity contribution in [2.45, 2.75) is 39.2 Å².